The summed E-state index contributed by atoms with van der Waals surface area (Å²) in [5.74, 6) is -0.119. The topological polar surface area (TPSA) is 49.4 Å². The lowest BCUT2D eigenvalue weighted by Crippen LogP contribution is -2.48. The molecule has 0 aliphatic carbocycles. The maximum Gasteiger partial charge on any atom is 0.211 e. The van der Waals surface area contributed by atoms with Crippen LogP contribution in [0.1, 0.15) is 39.5 Å². The highest BCUT2D eigenvalue weighted by Crippen LogP contribution is 2.18. The summed E-state index contributed by atoms with van der Waals surface area (Å²) in [5.41, 5.74) is 0. The van der Waals surface area contributed by atoms with E-state index in [0.29, 0.717) is 12.6 Å². The Morgan fingerprint density at radius 3 is 2.78 bits per heavy atom. The van der Waals surface area contributed by atoms with Crippen molar-refractivity contribution in [1.29, 1.82) is 0 Å². The van der Waals surface area contributed by atoms with Crippen LogP contribution in [-0.4, -0.2) is 50.9 Å². The van der Waals surface area contributed by atoms with Crippen molar-refractivity contribution in [3.8, 4) is 0 Å². The summed E-state index contributed by atoms with van der Waals surface area (Å²) in [6.45, 7) is 5.10. The van der Waals surface area contributed by atoms with Crippen LogP contribution < -0.4 is 4.72 Å². The molecule has 0 bridgehead atoms. The molecule has 0 aromatic heterocycles. The van der Waals surface area contributed by atoms with Crippen LogP contribution in [0.3, 0.4) is 0 Å². The number of alkyl halides is 1. The fraction of sp³-hybridized carbons (Fsp3) is 1.00. The molecule has 18 heavy (non-hydrogen) atoms. The van der Waals surface area contributed by atoms with Crippen LogP contribution in [0.5, 0.6) is 0 Å². The van der Waals surface area contributed by atoms with Gasteiger partial charge in [0.05, 0.1) is 12.4 Å². The number of hydrogen-bond acceptors (Lipinski definition) is 3. The average Bonchev–Trinajstić information content (AvgIpc) is 2.34. The van der Waals surface area contributed by atoms with Gasteiger partial charge < -0.3 is 0 Å². The van der Waals surface area contributed by atoms with E-state index in [2.05, 4.69) is 16.5 Å². The lowest BCUT2D eigenvalue weighted by atomic mass is 10.0. The molecule has 108 valence electrons. The first-order valence-electron chi connectivity index (χ1n) is 6.75. The fourth-order valence-corrected chi connectivity index (χ4v) is 3.59. The molecule has 0 saturated carbocycles. The van der Waals surface area contributed by atoms with Gasteiger partial charge in [-0.3, -0.25) is 9.29 Å². The van der Waals surface area contributed by atoms with Gasteiger partial charge in [0.15, 0.2) is 0 Å². The Morgan fingerprint density at radius 2 is 2.17 bits per heavy atom. The molecule has 1 aliphatic rings. The molecule has 4 nitrogen and oxygen atoms in total. The highest BCUT2D eigenvalue weighted by molar-refractivity contribution is 7.89. The van der Waals surface area contributed by atoms with E-state index in [0.717, 1.165) is 6.54 Å². The van der Waals surface area contributed by atoms with E-state index in [1.54, 1.807) is 0 Å². The number of sulfonamides is 1. The summed E-state index contributed by atoms with van der Waals surface area (Å²) in [6.07, 6.45) is 3.69. The molecule has 1 fully saturated rings. The molecule has 0 aromatic rings. The van der Waals surface area contributed by atoms with E-state index in [1.807, 2.05) is 6.92 Å². The first kappa shape index (κ1) is 15.9. The van der Waals surface area contributed by atoms with Crippen LogP contribution in [0.4, 0.5) is 4.39 Å². The maximum absolute atomic E-state index is 12.0. The van der Waals surface area contributed by atoms with Crippen LogP contribution in [0.2, 0.25) is 0 Å². The molecular weight excluding hydrogens is 255 g/mol. The summed E-state index contributed by atoms with van der Waals surface area (Å²) < 4.78 is 37.7. The van der Waals surface area contributed by atoms with Gasteiger partial charge in [-0.15, -0.1) is 0 Å². The second-order valence-corrected chi connectivity index (χ2v) is 7.07. The molecule has 0 amide bonds. The first-order chi connectivity index (χ1) is 8.46. The lowest BCUT2D eigenvalue weighted by molar-refractivity contribution is 0.116. The number of rotatable bonds is 7. The third-order valence-electron chi connectivity index (χ3n) is 3.57. The van der Waals surface area contributed by atoms with E-state index in [1.165, 1.54) is 19.3 Å². The van der Waals surface area contributed by atoms with E-state index in [9.17, 15) is 12.8 Å². The van der Waals surface area contributed by atoms with E-state index in [4.69, 9.17) is 0 Å². The first-order valence-corrected chi connectivity index (χ1v) is 8.40. The number of piperidine rings is 1. The molecule has 1 N–H and O–H groups in total. The predicted molar refractivity (Wildman–Crippen MR) is 71.9 cm³/mol. The van der Waals surface area contributed by atoms with Crippen LogP contribution in [-0.2, 0) is 10.0 Å². The van der Waals surface area contributed by atoms with Crippen molar-refractivity contribution in [2.75, 3.05) is 25.5 Å². The number of nitrogens with one attached hydrogen (secondary N) is 1. The van der Waals surface area contributed by atoms with Crippen molar-refractivity contribution in [3.63, 3.8) is 0 Å². The van der Waals surface area contributed by atoms with Gasteiger partial charge >= 0.3 is 0 Å². The Hall–Kier alpha value is -0.200. The van der Waals surface area contributed by atoms with E-state index in [-0.39, 0.29) is 18.2 Å². The normalized spacial score (nSPS) is 24.1. The zero-order valence-electron chi connectivity index (χ0n) is 11.4. The van der Waals surface area contributed by atoms with Gasteiger partial charge in [-0.1, -0.05) is 6.42 Å². The number of hydrogen-bond donors (Lipinski definition) is 1. The molecule has 2 unspecified atom stereocenters. The largest absolute Gasteiger partial charge is 0.297 e. The summed E-state index contributed by atoms with van der Waals surface area (Å²) >= 11 is 0. The lowest BCUT2D eigenvalue weighted by Gasteiger charge is -2.38. The van der Waals surface area contributed by atoms with Crippen molar-refractivity contribution >= 4 is 10.0 Å². The Balaban J connectivity index is 2.37. The molecule has 1 rings (SSSR count). The molecule has 1 aliphatic heterocycles. The Labute approximate surface area is 110 Å². The van der Waals surface area contributed by atoms with Crippen molar-refractivity contribution in [1.82, 2.24) is 9.62 Å². The van der Waals surface area contributed by atoms with Gasteiger partial charge in [-0.2, -0.15) is 0 Å². The minimum atomic E-state index is -3.31. The number of nitrogens with zero attached hydrogens (tertiary/aromatic N) is 1. The molecule has 1 heterocycles. The SMILES string of the molecule is CC1CCCCN1C(C)CNS(=O)(=O)CCCF. The van der Waals surface area contributed by atoms with Gasteiger partial charge in [-0.25, -0.2) is 13.1 Å². The Morgan fingerprint density at radius 1 is 1.44 bits per heavy atom. The Kier molecular flexibility index (Phi) is 6.52. The summed E-state index contributed by atoms with van der Waals surface area (Å²) in [7, 11) is -3.31. The van der Waals surface area contributed by atoms with Crippen LogP contribution in [0, 0.1) is 0 Å². The molecule has 1 saturated heterocycles. The van der Waals surface area contributed by atoms with Crippen molar-refractivity contribution < 1.29 is 12.8 Å². The van der Waals surface area contributed by atoms with Crippen molar-refractivity contribution in [2.24, 2.45) is 0 Å². The highest BCUT2D eigenvalue weighted by Gasteiger charge is 2.23. The molecule has 0 spiro atoms. The average molecular weight is 280 g/mol. The zero-order chi connectivity index (χ0) is 13.6. The van der Waals surface area contributed by atoms with Gasteiger partial charge in [0.2, 0.25) is 10.0 Å². The second-order valence-electron chi connectivity index (χ2n) is 5.14. The Bertz CT molecular complexity index is 335. The van der Waals surface area contributed by atoms with Gasteiger partial charge in [0, 0.05) is 18.6 Å². The van der Waals surface area contributed by atoms with Crippen molar-refractivity contribution in [3.05, 3.63) is 0 Å². The van der Waals surface area contributed by atoms with E-state index < -0.39 is 16.7 Å². The minimum absolute atomic E-state index is 0.0732. The van der Waals surface area contributed by atoms with Gasteiger partial charge in [-0.05, 0) is 39.7 Å². The monoisotopic (exact) mass is 280 g/mol. The third kappa shape index (κ3) is 5.20. The van der Waals surface area contributed by atoms with Gasteiger partial charge in [0.25, 0.3) is 0 Å². The standard InChI is InChI=1S/C12H25FN2O2S/c1-11-6-3-4-8-15(11)12(2)10-14-18(16,17)9-5-7-13/h11-12,14H,3-10H2,1-2H3. The third-order valence-corrected chi connectivity index (χ3v) is 5.00. The van der Waals surface area contributed by atoms with Crippen LogP contribution in [0.15, 0.2) is 0 Å². The molecule has 0 aromatic carbocycles. The van der Waals surface area contributed by atoms with Crippen molar-refractivity contribution in [2.45, 2.75) is 51.6 Å². The summed E-state index contributed by atoms with van der Waals surface area (Å²) in [4.78, 5) is 2.35. The molecular formula is C12H25FN2O2S. The summed E-state index contributed by atoms with van der Waals surface area (Å²) in [6, 6.07) is 0.713. The number of likely N-dealkylation sites (tertiary alicyclic amines) is 1. The highest BCUT2D eigenvalue weighted by atomic mass is 32.2. The van der Waals surface area contributed by atoms with Crippen LogP contribution in [0.25, 0.3) is 0 Å². The van der Waals surface area contributed by atoms with Crippen LogP contribution >= 0.6 is 0 Å². The molecule has 6 heteroatoms. The van der Waals surface area contributed by atoms with Gasteiger partial charge in [0.1, 0.15) is 0 Å². The second kappa shape index (κ2) is 7.40. The fourth-order valence-electron chi connectivity index (χ4n) is 2.46. The molecule has 0 radical (unpaired) electrons. The summed E-state index contributed by atoms with van der Waals surface area (Å²) in [5, 5.41) is 0. The quantitative estimate of drug-likeness (QED) is 0.769. The number of halogens is 1. The smallest absolute Gasteiger partial charge is 0.211 e. The zero-order valence-corrected chi connectivity index (χ0v) is 12.2. The van der Waals surface area contributed by atoms with E-state index >= 15 is 0 Å². The maximum atomic E-state index is 12.0. The molecule has 2 atom stereocenters. The minimum Gasteiger partial charge on any atom is -0.297 e. The predicted octanol–water partition coefficient (Wildman–Crippen LogP) is 1.53.